The van der Waals surface area contributed by atoms with E-state index in [0.717, 1.165) is 6.04 Å². The summed E-state index contributed by atoms with van der Waals surface area (Å²) in [6, 6.07) is 0.176. The Morgan fingerprint density at radius 2 is 1.58 bits per heavy atom. The fraction of sp³-hybridized carbons (Fsp3) is 0.875. The van der Waals surface area contributed by atoms with E-state index in [9.17, 15) is 0 Å². The molecule has 4 nitrogen and oxygen atoms in total. The van der Waals surface area contributed by atoms with Crippen LogP contribution in [0.15, 0.2) is 0 Å². The van der Waals surface area contributed by atoms with Gasteiger partial charge in [0.25, 0.3) is 0 Å². The van der Waals surface area contributed by atoms with Gasteiger partial charge in [-0.1, -0.05) is 0 Å². The van der Waals surface area contributed by atoms with Crippen LogP contribution in [0.4, 0.5) is 4.79 Å². The van der Waals surface area contributed by atoms with Gasteiger partial charge in [-0.25, -0.2) is 4.79 Å². The van der Waals surface area contributed by atoms with Gasteiger partial charge in [-0.3, -0.25) is 0 Å². The summed E-state index contributed by atoms with van der Waals surface area (Å²) in [4.78, 5) is 11.6. The molecule has 0 aromatic rings. The van der Waals surface area contributed by atoms with Crippen LogP contribution in [-0.4, -0.2) is 30.1 Å². The fourth-order valence-corrected chi connectivity index (χ4v) is 2.05. The monoisotopic (exact) mass is 171 g/mol. The van der Waals surface area contributed by atoms with Gasteiger partial charge in [0, 0.05) is 6.04 Å². The second kappa shape index (κ2) is 4.30. The lowest BCUT2D eigenvalue weighted by Crippen LogP contribution is -2.21. The Labute approximate surface area is 72.9 Å². The molecule has 0 aromatic heterocycles. The Kier molecular flexibility index (Phi) is 3.34. The highest BCUT2D eigenvalue weighted by Gasteiger charge is 2.27. The summed E-state index contributed by atoms with van der Waals surface area (Å²) in [5, 5.41) is 0. The van der Waals surface area contributed by atoms with Gasteiger partial charge in [0.05, 0.1) is 0 Å². The molecule has 2 saturated heterocycles. The van der Waals surface area contributed by atoms with Crippen LogP contribution in [-0.2, 0) is 0 Å². The molecular formula is C8H17N3O. The molecule has 2 rings (SSSR count). The zero-order chi connectivity index (χ0) is 8.97. The molecule has 0 spiro atoms. The van der Waals surface area contributed by atoms with Crippen molar-refractivity contribution in [2.75, 3.05) is 13.1 Å². The van der Waals surface area contributed by atoms with E-state index in [1.165, 1.54) is 38.8 Å². The van der Waals surface area contributed by atoms with Crippen molar-refractivity contribution < 1.29 is 4.79 Å². The zero-order valence-corrected chi connectivity index (χ0v) is 7.33. The van der Waals surface area contributed by atoms with Crippen LogP contribution in [0.3, 0.4) is 0 Å². The highest BCUT2D eigenvalue weighted by molar-refractivity contribution is 5.69. The molecule has 0 aliphatic carbocycles. The Balaban J connectivity index is 0.000000157. The second-order valence-electron chi connectivity index (χ2n) is 3.38. The number of carbonyl (C=O) groups excluding carboxylic acids is 1. The van der Waals surface area contributed by atoms with Crippen molar-refractivity contribution in [3.63, 3.8) is 0 Å². The number of nitrogens with zero attached hydrogens (tertiary/aromatic N) is 1. The maximum absolute atomic E-state index is 9.00. The predicted octanol–water partition coefficient (Wildman–Crippen LogP) is 0.268. The maximum atomic E-state index is 9.00. The van der Waals surface area contributed by atoms with Gasteiger partial charge in [-0.05, 0) is 38.8 Å². The van der Waals surface area contributed by atoms with Crippen molar-refractivity contribution >= 4 is 6.03 Å². The standard InChI is InChI=1S/C7H13N.CH4N2O/c1-3-7-4-2-6-8(7)5-1;2-1(3)4/h7H,1-6H2;(H4,2,3,4). The fourth-order valence-electron chi connectivity index (χ4n) is 2.05. The number of carbonyl (C=O) groups is 1. The molecule has 2 aliphatic rings. The van der Waals surface area contributed by atoms with Crippen LogP contribution in [0, 0.1) is 0 Å². The van der Waals surface area contributed by atoms with Gasteiger partial charge in [0.1, 0.15) is 0 Å². The van der Waals surface area contributed by atoms with Gasteiger partial charge < -0.3 is 16.4 Å². The first-order valence-electron chi connectivity index (χ1n) is 4.49. The Morgan fingerprint density at radius 1 is 1.17 bits per heavy atom. The van der Waals surface area contributed by atoms with Crippen molar-refractivity contribution in [2.45, 2.75) is 31.7 Å². The molecule has 2 aliphatic heterocycles. The lowest BCUT2D eigenvalue weighted by molar-refractivity contribution is 0.256. The summed E-state index contributed by atoms with van der Waals surface area (Å²) in [5.41, 5.74) is 8.50. The minimum absolute atomic E-state index is 0.833. The second-order valence-corrected chi connectivity index (χ2v) is 3.38. The number of urea groups is 1. The third-order valence-corrected chi connectivity index (χ3v) is 2.48. The van der Waals surface area contributed by atoms with Crippen molar-refractivity contribution in [3.8, 4) is 0 Å². The predicted molar refractivity (Wildman–Crippen MR) is 47.6 cm³/mol. The summed E-state index contributed by atoms with van der Waals surface area (Å²) >= 11 is 0. The molecule has 0 bridgehead atoms. The molecule has 0 aromatic carbocycles. The summed E-state index contributed by atoms with van der Waals surface area (Å²) < 4.78 is 0. The molecule has 0 radical (unpaired) electrons. The van der Waals surface area contributed by atoms with Crippen LogP contribution in [0.25, 0.3) is 0 Å². The van der Waals surface area contributed by atoms with Gasteiger partial charge in [-0.15, -0.1) is 0 Å². The molecular weight excluding hydrogens is 154 g/mol. The minimum Gasteiger partial charge on any atom is -0.352 e. The number of nitrogens with two attached hydrogens (primary N) is 2. The molecule has 0 saturated carbocycles. The van der Waals surface area contributed by atoms with E-state index >= 15 is 0 Å². The summed E-state index contributed by atoms with van der Waals surface area (Å²) in [5.74, 6) is 0. The molecule has 70 valence electrons. The number of amides is 2. The number of hydrogen-bond donors (Lipinski definition) is 2. The molecule has 4 heteroatoms. The van der Waals surface area contributed by atoms with Crippen molar-refractivity contribution in [1.29, 1.82) is 0 Å². The van der Waals surface area contributed by atoms with E-state index in [2.05, 4.69) is 16.4 Å². The number of rotatable bonds is 0. The third kappa shape index (κ3) is 2.70. The van der Waals surface area contributed by atoms with Crippen LogP contribution in [0.5, 0.6) is 0 Å². The highest BCUT2D eigenvalue weighted by atomic mass is 16.2. The van der Waals surface area contributed by atoms with Gasteiger partial charge >= 0.3 is 6.03 Å². The molecule has 12 heavy (non-hydrogen) atoms. The van der Waals surface area contributed by atoms with E-state index in [-0.39, 0.29) is 0 Å². The van der Waals surface area contributed by atoms with Gasteiger partial charge in [0.2, 0.25) is 0 Å². The van der Waals surface area contributed by atoms with Gasteiger partial charge in [-0.2, -0.15) is 0 Å². The summed E-state index contributed by atoms with van der Waals surface area (Å²) in [6.07, 6.45) is 5.90. The Bertz CT molecular complexity index is 136. The maximum Gasteiger partial charge on any atom is 0.309 e. The average molecular weight is 171 g/mol. The Morgan fingerprint density at radius 3 is 1.92 bits per heavy atom. The lowest BCUT2D eigenvalue weighted by Gasteiger charge is -2.11. The average Bonchev–Trinajstić information content (AvgIpc) is 2.40. The van der Waals surface area contributed by atoms with E-state index in [1.54, 1.807) is 0 Å². The Hall–Kier alpha value is -0.770. The quantitative estimate of drug-likeness (QED) is 0.549. The molecule has 0 atom stereocenters. The smallest absolute Gasteiger partial charge is 0.309 e. The van der Waals surface area contributed by atoms with E-state index in [1.807, 2.05) is 0 Å². The third-order valence-electron chi connectivity index (χ3n) is 2.48. The van der Waals surface area contributed by atoms with Crippen LogP contribution in [0.2, 0.25) is 0 Å². The molecule has 4 N–H and O–H groups in total. The van der Waals surface area contributed by atoms with E-state index in [0.29, 0.717) is 0 Å². The first-order chi connectivity index (χ1) is 5.70. The van der Waals surface area contributed by atoms with Crippen LogP contribution < -0.4 is 11.5 Å². The number of hydrogen-bond acceptors (Lipinski definition) is 2. The highest BCUT2D eigenvalue weighted by Crippen LogP contribution is 2.26. The van der Waals surface area contributed by atoms with Crippen LogP contribution >= 0.6 is 0 Å². The van der Waals surface area contributed by atoms with E-state index < -0.39 is 6.03 Å². The van der Waals surface area contributed by atoms with Gasteiger partial charge in [0.15, 0.2) is 0 Å². The van der Waals surface area contributed by atoms with Crippen molar-refractivity contribution in [2.24, 2.45) is 11.5 Å². The summed E-state index contributed by atoms with van der Waals surface area (Å²) in [6.45, 7) is 2.79. The molecule has 2 fully saturated rings. The first-order valence-corrected chi connectivity index (χ1v) is 4.49. The minimum atomic E-state index is -0.833. The zero-order valence-electron chi connectivity index (χ0n) is 7.33. The summed E-state index contributed by atoms with van der Waals surface area (Å²) in [7, 11) is 0. The molecule has 0 unspecified atom stereocenters. The molecule has 2 amide bonds. The normalized spacial score (nSPS) is 23.0. The molecule has 2 heterocycles. The van der Waals surface area contributed by atoms with Crippen molar-refractivity contribution in [1.82, 2.24) is 4.90 Å². The SMILES string of the molecule is C1CC2CCCN2C1.NC(N)=O. The first kappa shape index (κ1) is 9.32. The topological polar surface area (TPSA) is 72.3 Å². The van der Waals surface area contributed by atoms with Crippen LogP contribution in [0.1, 0.15) is 25.7 Å². The van der Waals surface area contributed by atoms with Crippen molar-refractivity contribution in [3.05, 3.63) is 0 Å². The largest absolute Gasteiger partial charge is 0.352 e. The lowest BCUT2D eigenvalue weighted by atomic mass is 10.2. The van der Waals surface area contributed by atoms with E-state index in [4.69, 9.17) is 4.79 Å². The number of fused-ring (bicyclic) bond motifs is 1. The number of primary amides is 2.